The Morgan fingerprint density at radius 3 is 2.37 bits per heavy atom. The van der Waals surface area contributed by atoms with Gasteiger partial charge in [0.25, 0.3) is 0 Å². The molecule has 0 bridgehead atoms. The summed E-state index contributed by atoms with van der Waals surface area (Å²) in [5.41, 5.74) is 0.337. The molecule has 0 spiro atoms. The molecule has 0 aromatic heterocycles. The van der Waals surface area contributed by atoms with E-state index in [1.807, 2.05) is 13.8 Å². The van der Waals surface area contributed by atoms with Gasteiger partial charge in [-0.25, -0.2) is 4.79 Å². The van der Waals surface area contributed by atoms with Gasteiger partial charge in [-0.15, -0.1) is 0 Å². The van der Waals surface area contributed by atoms with E-state index in [9.17, 15) is 4.79 Å². The Kier molecular flexibility index (Phi) is 11.9. The van der Waals surface area contributed by atoms with Gasteiger partial charge in [-0.05, 0) is 27.2 Å². The average molecular weight is 290 g/mol. The maximum atomic E-state index is 11.0. The number of carbonyl (C=O) groups is 1. The van der Waals surface area contributed by atoms with E-state index in [0.29, 0.717) is 25.4 Å². The maximum Gasteiger partial charge on any atom is 0.368 e. The van der Waals surface area contributed by atoms with Gasteiger partial charge in [0.1, 0.15) is 5.91 Å². The van der Waals surface area contributed by atoms with Crippen LogP contribution in [0.5, 0.6) is 0 Å². The van der Waals surface area contributed by atoms with Crippen molar-refractivity contribution in [3.8, 4) is 0 Å². The van der Waals surface area contributed by atoms with Crippen molar-refractivity contribution in [3.05, 3.63) is 12.2 Å². The third kappa shape index (κ3) is 10.9. The van der Waals surface area contributed by atoms with Crippen molar-refractivity contribution >= 4 is 15.5 Å². The van der Waals surface area contributed by atoms with Crippen LogP contribution in [0.2, 0.25) is 6.04 Å². The van der Waals surface area contributed by atoms with Crippen LogP contribution < -0.4 is 0 Å². The van der Waals surface area contributed by atoms with Gasteiger partial charge in [-0.3, -0.25) is 4.89 Å². The first-order chi connectivity index (χ1) is 9.11. The predicted molar refractivity (Wildman–Crippen MR) is 76.5 cm³/mol. The van der Waals surface area contributed by atoms with Gasteiger partial charge in [0.2, 0.25) is 0 Å². The Bertz CT molecular complexity index is 251. The van der Waals surface area contributed by atoms with E-state index < -0.39 is 5.97 Å². The zero-order chi connectivity index (χ0) is 14.5. The normalized spacial score (nSPS) is 11.4. The van der Waals surface area contributed by atoms with Crippen LogP contribution in [0.3, 0.4) is 0 Å². The van der Waals surface area contributed by atoms with E-state index in [-0.39, 0.29) is 15.4 Å². The third-order valence-corrected chi connectivity index (χ3v) is 4.21. The summed E-state index contributed by atoms with van der Waals surface area (Å²) in [7, 11) is -0.381. The molecule has 0 aliphatic rings. The summed E-state index contributed by atoms with van der Waals surface area (Å²) in [6.45, 7) is 10.8. The first kappa shape index (κ1) is 18.3. The second-order valence-electron chi connectivity index (χ2n) is 4.16. The number of hydrogen-bond donors (Lipinski definition) is 0. The highest BCUT2D eigenvalue weighted by Crippen LogP contribution is 2.02. The molecule has 0 aliphatic heterocycles. The molecule has 112 valence electrons. The molecule has 6 heteroatoms. The monoisotopic (exact) mass is 290 g/mol. The van der Waals surface area contributed by atoms with Crippen molar-refractivity contribution < 1.29 is 24.0 Å². The third-order valence-electron chi connectivity index (χ3n) is 2.36. The molecule has 19 heavy (non-hydrogen) atoms. The van der Waals surface area contributed by atoms with Crippen LogP contribution in [0.15, 0.2) is 12.2 Å². The second-order valence-corrected chi connectivity index (χ2v) is 6.11. The molecule has 5 nitrogen and oxygen atoms in total. The van der Waals surface area contributed by atoms with Crippen molar-refractivity contribution in [1.29, 1.82) is 0 Å². The highest BCUT2D eigenvalue weighted by Gasteiger charge is 2.08. The summed E-state index contributed by atoms with van der Waals surface area (Å²) >= 11 is 0. The highest BCUT2D eigenvalue weighted by atomic mass is 28.2. The molecule has 0 aromatic carbocycles. The van der Waals surface area contributed by atoms with Crippen molar-refractivity contribution in [2.45, 2.75) is 45.6 Å². The number of rotatable bonds is 12. The molecule has 0 saturated heterocycles. The van der Waals surface area contributed by atoms with Crippen molar-refractivity contribution in [1.82, 2.24) is 0 Å². The summed E-state index contributed by atoms with van der Waals surface area (Å²) in [6, 6.07) is 1.13. The predicted octanol–water partition coefficient (Wildman–Crippen LogP) is 1.76. The quantitative estimate of drug-likeness (QED) is 0.137. The molecular weight excluding hydrogens is 264 g/mol. The number of ether oxygens (including phenoxy) is 2. The Morgan fingerprint density at radius 2 is 1.84 bits per heavy atom. The minimum absolute atomic E-state index is 0.0251. The fourth-order valence-electron chi connectivity index (χ4n) is 1.40. The molecule has 0 atom stereocenters. The summed E-state index contributed by atoms with van der Waals surface area (Å²) in [4.78, 5) is 20.3. The van der Waals surface area contributed by atoms with Crippen molar-refractivity contribution in [2.24, 2.45) is 0 Å². The molecule has 0 saturated carbocycles. The van der Waals surface area contributed by atoms with E-state index in [1.165, 1.54) is 0 Å². The first-order valence-electron chi connectivity index (χ1n) is 6.84. The lowest BCUT2D eigenvalue weighted by atomic mass is 10.4. The molecule has 0 rings (SSSR count). The average Bonchev–Trinajstić information content (AvgIpc) is 2.37. The Morgan fingerprint density at radius 1 is 1.21 bits per heavy atom. The molecule has 0 heterocycles. The van der Waals surface area contributed by atoms with Gasteiger partial charge >= 0.3 is 5.97 Å². The maximum absolute atomic E-state index is 11.0. The first-order valence-corrected chi connectivity index (χ1v) is 8.65. The van der Waals surface area contributed by atoms with Crippen LogP contribution in [0, 0.1) is 0 Å². The van der Waals surface area contributed by atoms with E-state index in [4.69, 9.17) is 14.4 Å². The SMILES string of the molecule is C=C(C)C(=O)OOCCCC[SiH2]C(OCC)OCC. The fourth-order valence-corrected chi connectivity index (χ4v) is 3.18. The summed E-state index contributed by atoms with van der Waals surface area (Å²) in [5, 5.41) is 0. The number of unbranched alkanes of at least 4 members (excludes halogenated alkanes) is 1. The van der Waals surface area contributed by atoms with Crippen molar-refractivity contribution in [2.75, 3.05) is 19.8 Å². The molecule has 0 aromatic rings. The van der Waals surface area contributed by atoms with Gasteiger partial charge in [0, 0.05) is 18.8 Å². The lowest BCUT2D eigenvalue weighted by Crippen LogP contribution is -2.24. The molecule has 0 aliphatic carbocycles. The molecule has 0 radical (unpaired) electrons. The number of carbonyl (C=O) groups excluding carboxylic acids is 1. The lowest BCUT2D eigenvalue weighted by Gasteiger charge is -2.16. The molecule has 0 amide bonds. The second kappa shape index (κ2) is 12.3. The fraction of sp³-hybridized carbons (Fsp3) is 0.769. The van der Waals surface area contributed by atoms with Gasteiger partial charge in [-0.2, -0.15) is 4.89 Å². The minimum Gasteiger partial charge on any atom is -0.357 e. The standard InChI is InChI=1S/C13H26O5Si/c1-5-15-13(16-6-2)19-10-8-7-9-17-18-12(14)11(3)4/h13H,3,5-10,19H2,1-2,4H3. The van der Waals surface area contributed by atoms with E-state index >= 15 is 0 Å². The van der Waals surface area contributed by atoms with Crippen LogP contribution in [-0.4, -0.2) is 41.2 Å². The summed E-state index contributed by atoms with van der Waals surface area (Å²) < 4.78 is 11.0. The molecule has 0 unspecified atom stereocenters. The van der Waals surface area contributed by atoms with Crippen LogP contribution in [-0.2, 0) is 24.0 Å². The summed E-state index contributed by atoms with van der Waals surface area (Å²) in [6.07, 6.45) is 1.90. The smallest absolute Gasteiger partial charge is 0.357 e. The highest BCUT2D eigenvalue weighted by molar-refractivity contribution is 6.36. The van der Waals surface area contributed by atoms with Gasteiger partial charge < -0.3 is 9.47 Å². The Hall–Kier alpha value is -0.693. The Labute approximate surface area is 118 Å². The van der Waals surface area contributed by atoms with Crippen molar-refractivity contribution in [3.63, 3.8) is 0 Å². The van der Waals surface area contributed by atoms with Crippen LogP contribution >= 0.6 is 0 Å². The molecule has 0 N–H and O–H groups in total. The summed E-state index contributed by atoms with van der Waals surface area (Å²) in [5.74, 6) is -0.487. The van der Waals surface area contributed by atoms with E-state index in [2.05, 4.69) is 11.5 Å². The topological polar surface area (TPSA) is 54.0 Å². The zero-order valence-corrected chi connectivity index (χ0v) is 13.7. The largest absolute Gasteiger partial charge is 0.368 e. The Balaban J connectivity index is 3.43. The lowest BCUT2D eigenvalue weighted by molar-refractivity contribution is -0.268. The zero-order valence-electron chi connectivity index (χ0n) is 12.3. The number of hydrogen-bond acceptors (Lipinski definition) is 5. The molecule has 0 fully saturated rings. The van der Waals surface area contributed by atoms with E-state index in [1.54, 1.807) is 6.92 Å². The van der Waals surface area contributed by atoms with E-state index in [0.717, 1.165) is 18.9 Å². The minimum atomic E-state index is -0.512. The van der Waals surface area contributed by atoms with Crippen LogP contribution in [0.4, 0.5) is 0 Å². The van der Waals surface area contributed by atoms with Gasteiger partial charge in [0.05, 0.1) is 16.1 Å². The van der Waals surface area contributed by atoms with Gasteiger partial charge in [-0.1, -0.05) is 19.0 Å². The van der Waals surface area contributed by atoms with Crippen LogP contribution in [0.25, 0.3) is 0 Å². The van der Waals surface area contributed by atoms with Gasteiger partial charge in [0.15, 0.2) is 0 Å². The van der Waals surface area contributed by atoms with Crippen LogP contribution in [0.1, 0.15) is 33.6 Å². The molecular formula is C13H26O5Si.